The fraction of sp³-hybridized carbons (Fsp3) is 0.700. The van der Waals surface area contributed by atoms with Crippen LogP contribution in [0, 0.1) is 0 Å². The Morgan fingerprint density at radius 2 is 2.21 bits per heavy atom. The highest BCUT2D eigenvalue weighted by Crippen LogP contribution is 2.16. The van der Waals surface area contributed by atoms with E-state index in [1.165, 1.54) is 0 Å². The molecule has 0 aromatic carbocycles. The second-order valence-electron chi connectivity index (χ2n) is 4.30. The average Bonchev–Trinajstić information content (AvgIpc) is 2.46. The number of hydrogen-bond donors (Lipinski definition) is 1. The Morgan fingerprint density at radius 1 is 1.50 bits per heavy atom. The molecule has 0 aliphatic carbocycles. The van der Waals surface area contributed by atoms with Crippen LogP contribution >= 0.6 is 0 Å². The number of ether oxygens (including phenoxy) is 1. The maximum atomic E-state index is 5.65. The number of hydrogen-bond acceptors (Lipinski definition) is 3. The van der Waals surface area contributed by atoms with Gasteiger partial charge in [-0.3, -0.25) is 4.68 Å². The average molecular weight is 197 g/mol. The first-order valence-corrected chi connectivity index (χ1v) is 4.93. The molecular weight excluding hydrogens is 178 g/mol. The van der Waals surface area contributed by atoms with E-state index in [1.807, 2.05) is 31.6 Å². The first-order valence-electron chi connectivity index (χ1n) is 4.93. The summed E-state index contributed by atoms with van der Waals surface area (Å²) in [6, 6.07) is 0. The van der Waals surface area contributed by atoms with Gasteiger partial charge in [0.15, 0.2) is 5.75 Å². The van der Waals surface area contributed by atoms with E-state index in [9.17, 15) is 0 Å². The molecule has 80 valence electrons. The summed E-state index contributed by atoms with van der Waals surface area (Å²) in [7, 11) is 0. The van der Waals surface area contributed by atoms with Crippen LogP contribution in [-0.2, 0) is 6.54 Å². The lowest BCUT2D eigenvalue weighted by atomic mass is 10.2. The van der Waals surface area contributed by atoms with E-state index in [-0.39, 0.29) is 5.60 Å². The highest BCUT2D eigenvalue weighted by molar-refractivity contribution is 5.12. The normalized spacial score (nSPS) is 11.7. The van der Waals surface area contributed by atoms with Crippen LogP contribution in [0.1, 0.15) is 27.2 Å². The lowest BCUT2D eigenvalue weighted by Gasteiger charge is -2.19. The molecule has 1 heterocycles. The topological polar surface area (TPSA) is 53.1 Å². The van der Waals surface area contributed by atoms with E-state index in [4.69, 9.17) is 10.5 Å². The molecule has 0 fully saturated rings. The summed E-state index contributed by atoms with van der Waals surface area (Å²) < 4.78 is 7.50. The van der Waals surface area contributed by atoms with Gasteiger partial charge in [0.25, 0.3) is 0 Å². The number of nitrogens with zero attached hydrogens (tertiary/aromatic N) is 2. The summed E-state index contributed by atoms with van der Waals surface area (Å²) in [4.78, 5) is 0. The maximum absolute atomic E-state index is 5.65. The van der Waals surface area contributed by atoms with Gasteiger partial charge in [-0.15, -0.1) is 0 Å². The summed E-state index contributed by atoms with van der Waals surface area (Å²) in [6.45, 7) is 7.60. The van der Waals surface area contributed by atoms with Gasteiger partial charge in [0.2, 0.25) is 0 Å². The molecule has 0 aliphatic heterocycles. The third-order valence-corrected chi connectivity index (χ3v) is 1.62. The number of aryl methyl sites for hydroxylation is 1. The fourth-order valence-corrected chi connectivity index (χ4v) is 1.13. The van der Waals surface area contributed by atoms with Gasteiger partial charge in [-0.25, -0.2) is 0 Å². The second-order valence-corrected chi connectivity index (χ2v) is 4.30. The van der Waals surface area contributed by atoms with Crippen LogP contribution in [0.25, 0.3) is 0 Å². The molecule has 0 amide bonds. The lowest BCUT2D eigenvalue weighted by molar-refractivity contribution is 0.131. The highest BCUT2D eigenvalue weighted by Gasteiger charge is 2.12. The first-order chi connectivity index (χ1) is 6.51. The molecule has 1 aromatic rings. The Balaban J connectivity index is 2.51. The van der Waals surface area contributed by atoms with Crippen molar-refractivity contribution in [3.63, 3.8) is 0 Å². The number of aromatic nitrogens is 2. The van der Waals surface area contributed by atoms with Crippen molar-refractivity contribution in [2.75, 3.05) is 6.54 Å². The minimum Gasteiger partial charge on any atom is -0.485 e. The van der Waals surface area contributed by atoms with Crippen molar-refractivity contribution in [1.82, 2.24) is 9.78 Å². The largest absolute Gasteiger partial charge is 0.485 e. The summed E-state index contributed by atoms with van der Waals surface area (Å²) in [5, 5.41) is 4.17. The van der Waals surface area contributed by atoms with Crippen LogP contribution in [0.15, 0.2) is 12.4 Å². The molecule has 0 bridgehead atoms. The van der Waals surface area contributed by atoms with Crippen molar-refractivity contribution in [2.24, 2.45) is 5.73 Å². The molecule has 0 saturated carbocycles. The van der Waals surface area contributed by atoms with E-state index in [2.05, 4.69) is 5.10 Å². The monoisotopic (exact) mass is 197 g/mol. The Hall–Kier alpha value is -1.03. The van der Waals surface area contributed by atoms with Crippen molar-refractivity contribution >= 4 is 0 Å². The molecule has 0 radical (unpaired) electrons. The quantitative estimate of drug-likeness (QED) is 0.794. The zero-order valence-corrected chi connectivity index (χ0v) is 9.16. The predicted molar refractivity (Wildman–Crippen MR) is 56.3 cm³/mol. The van der Waals surface area contributed by atoms with E-state index < -0.39 is 0 Å². The Morgan fingerprint density at radius 3 is 2.79 bits per heavy atom. The van der Waals surface area contributed by atoms with Crippen LogP contribution in [-0.4, -0.2) is 21.9 Å². The third-order valence-electron chi connectivity index (χ3n) is 1.62. The molecule has 14 heavy (non-hydrogen) atoms. The van der Waals surface area contributed by atoms with Gasteiger partial charge in [0.1, 0.15) is 5.60 Å². The van der Waals surface area contributed by atoms with Gasteiger partial charge in [-0.2, -0.15) is 5.10 Å². The fourth-order valence-electron chi connectivity index (χ4n) is 1.13. The van der Waals surface area contributed by atoms with Gasteiger partial charge >= 0.3 is 0 Å². The van der Waals surface area contributed by atoms with Gasteiger partial charge in [-0.1, -0.05) is 0 Å². The van der Waals surface area contributed by atoms with Gasteiger partial charge in [0.05, 0.1) is 12.4 Å². The molecule has 1 aromatic heterocycles. The highest BCUT2D eigenvalue weighted by atomic mass is 16.5. The van der Waals surface area contributed by atoms with Crippen LogP contribution < -0.4 is 10.5 Å². The molecule has 4 heteroatoms. The molecule has 0 saturated heterocycles. The molecule has 4 nitrogen and oxygen atoms in total. The van der Waals surface area contributed by atoms with Gasteiger partial charge < -0.3 is 10.5 Å². The van der Waals surface area contributed by atoms with E-state index >= 15 is 0 Å². The van der Waals surface area contributed by atoms with Crippen molar-refractivity contribution in [3.05, 3.63) is 12.4 Å². The van der Waals surface area contributed by atoms with Gasteiger partial charge in [-0.05, 0) is 33.7 Å². The van der Waals surface area contributed by atoms with E-state index in [0.717, 1.165) is 18.7 Å². The first kappa shape index (κ1) is 11.0. The molecule has 2 N–H and O–H groups in total. The van der Waals surface area contributed by atoms with Crippen LogP contribution in [0.3, 0.4) is 0 Å². The molecule has 0 spiro atoms. The second kappa shape index (κ2) is 4.46. The smallest absolute Gasteiger partial charge is 0.157 e. The van der Waals surface area contributed by atoms with Crippen LogP contribution in [0.2, 0.25) is 0 Å². The van der Waals surface area contributed by atoms with Crippen molar-refractivity contribution in [3.8, 4) is 5.75 Å². The zero-order valence-electron chi connectivity index (χ0n) is 9.16. The Kier molecular flexibility index (Phi) is 3.52. The zero-order chi connectivity index (χ0) is 10.6. The van der Waals surface area contributed by atoms with E-state index in [0.29, 0.717) is 6.54 Å². The summed E-state index contributed by atoms with van der Waals surface area (Å²) in [5.74, 6) is 0.814. The van der Waals surface area contributed by atoms with Crippen molar-refractivity contribution in [2.45, 2.75) is 39.3 Å². The Bertz CT molecular complexity index is 275. The standard InChI is InChI=1S/C10H19N3O/c1-10(2,3)14-9-7-12-13(8-9)6-4-5-11/h7-8H,4-6,11H2,1-3H3. The van der Waals surface area contributed by atoms with Crippen molar-refractivity contribution in [1.29, 1.82) is 0 Å². The minimum absolute atomic E-state index is 0.165. The van der Waals surface area contributed by atoms with Gasteiger partial charge in [0, 0.05) is 6.54 Å². The van der Waals surface area contributed by atoms with Crippen LogP contribution in [0.4, 0.5) is 0 Å². The maximum Gasteiger partial charge on any atom is 0.157 e. The predicted octanol–water partition coefficient (Wildman–Crippen LogP) is 1.41. The molecular formula is C10H19N3O. The molecule has 1 rings (SSSR count). The summed E-state index contributed by atoms with van der Waals surface area (Å²) >= 11 is 0. The summed E-state index contributed by atoms with van der Waals surface area (Å²) in [6.07, 6.45) is 4.58. The SMILES string of the molecule is CC(C)(C)Oc1cnn(CCCN)c1. The lowest BCUT2D eigenvalue weighted by Crippen LogP contribution is -2.22. The van der Waals surface area contributed by atoms with E-state index in [1.54, 1.807) is 6.20 Å². The van der Waals surface area contributed by atoms with Crippen molar-refractivity contribution < 1.29 is 4.74 Å². The summed E-state index contributed by atoms with van der Waals surface area (Å²) in [5.41, 5.74) is 5.25. The minimum atomic E-state index is -0.165. The molecule has 0 aliphatic rings. The number of rotatable bonds is 4. The third kappa shape index (κ3) is 3.79. The molecule has 0 unspecified atom stereocenters. The van der Waals surface area contributed by atoms with Crippen LogP contribution in [0.5, 0.6) is 5.75 Å². The Labute approximate surface area is 85.0 Å². The molecule has 0 atom stereocenters. The number of nitrogens with two attached hydrogens (primary N) is 1.